The Bertz CT molecular complexity index is 1100. The summed E-state index contributed by atoms with van der Waals surface area (Å²) >= 11 is 0. The number of fused-ring (bicyclic) bond motifs is 1. The van der Waals surface area contributed by atoms with Gasteiger partial charge in [0.2, 0.25) is 0 Å². The smallest absolute Gasteiger partial charge is 0.416 e. The minimum atomic E-state index is -4.53. The Labute approximate surface area is 181 Å². The summed E-state index contributed by atoms with van der Waals surface area (Å²) in [5.74, 6) is -0.561. The largest absolute Gasteiger partial charge is 0.473 e. The van der Waals surface area contributed by atoms with E-state index in [0.29, 0.717) is 16.5 Å². The molecular weight excluding hydrogens is 432 g/mol. The first-order valence-corrected chi connectivity index (χ1v) is 9.52. The number of carbonyl (C=O) groups is 1. The fourth-order valence-electron chi connectivity index (χ4n) is 2.91. The van der Waals surface area contributed by atoms with Crippen LogP contribution in [0, 0.1) is 12.7 Å². The fraction of sp³-hybridized carbons (Fsp3) is 0.273. The molecule has 0 spiro atoms. The molecule has 1 heterocycles. The number of rotatable bonds is 7. The molecule has 0 unspecified atom stereocenters. The third-order valence-electron chi connectivity index (χ3n) is 4.56. The van der Waals surface area contributed by atoms with E-state index < -0.39 is 23.7 Å². The van der Waals surface area contributed by atoms with Gasteiger partial charge in [0.25, 0.3) is 5.88 Å². The van der Waals surface area contributed by atoms with Gasteiger partial charge in [-0.15, -0.1) is 0 Å². The van der Waals surface area contributed by atoms with Gasteiger partial charge >= 0.3 is 12.3 Å². The number of methoxy groups -OCH3 is 1. The van der Waals surface area contributed by atoms with E-state index in [-0.39, 0.29) is 36.9 Å². The van der Waals surface area contributed by atoms with Gasteiger partial charge in [0.05, 0.1) is 17.7 Å². The standard InChI is InChI=1S/C22H20F4N2O4/c1-13-17-8-5-15(22(24,25)26)11-18(17)28-20(31-10-9-30-2)19(13)32-21(29)27-12-14-3-6-16(23)7-4-14/h3-8,11H,9-10,12H2,1-2H3,(H,27,29). The van der Waals surface area contributed by atoms with Gasteiger partial charge in [0.1, 0.15) is 12.4 Å². The number of benzene rings is 2. The summed E-state index contributed by atoms with van der Waals surface area (Å²) in [6.45, 7) is 1.90. The van der Waals surface area contributed by atoms with Crippen LogP contribution in [0.1, 0.15) is 16.7 Å². The van der Waals surface area contributed by atoms with E-state index in [4.69, 9.17) is 14.2 Å². The zero-order valence-electron chi connectivity index (χ0n) is 17.3. The maximum Gasteiger partial charge on any atom is 0.416 e. The molecule has 0 saturated heterocycles. The third kappa shape index (κ3) is 5.64. The second-order valence-corrected chi connectivity index (χ2v) is 6.81. The number of hydrogen-bond acceptors (Lipinski definition) is 5. The zero-order chi connectivity index (χ0) is 23.3. The number of carbonyl (C=O) groups excluding carboxylic acids is 1. The summed E-state index contributed by atoms with van der Waals surface area (Å²) in [4.78, 5) is 16.5. The van der Waals surface area contributed by atoms with Crippen LogP contribution < -0.4 is 14.8 Å². The Morgan fingerprint density at radius 1 is 1.09 bits per heavy atom. The lowest BCUT2D eigenvalue weighted by atomic mass is 10.1. The molecule has 1 amide bonds. The SMILES string of the molecule is COCCOc1nc2cc(C(F)(F)F)ccc2c(C)c1OC(=O)NCc1ccc(F)cc1. The van der Waals surface area contributed by atoms with Gasteiger partial charge in [-0.2, -0.15) is 13.2 Å². The molecule has 0 radical (unpaired) electrons. The first kappa shape index (κ1) is 23.3. The zero-order valence-corrected chi connectivity index (χ0v) is 17.3. The third-order valence-corrected chi connectivity index (χ3v) is 4.56. The Morgan fingerprint density at radius 3 is 2.47 bits per heavy atom. The monoisotopic (exact) mass is 452 g/mol. The van der Waals surface area contributed by atoms with Crippen LogP contribution in [0.15, 0.2) is 42.5 Å². The van der Waals surface area contributed by atoms with Crippen LogP contribution in [-0.2, 0) is 17.5 Å². The number of amides is 1. The van der Waals surface area contributed by atoms with Crippen molar-refractivity contribution in [1.82, 2.24) is 10.3 Å². The Morgan fingerprint density at radius 2 is 1.81 bits per heavy atom. The summed E-state index contributed by atoms with van der Waals surface area (Å²) in [6.07, 6.45) is -5.36. The molecule has 10 heteroatoms. The minimum absolute atomic E-state index is 0.0232. The number of nitrogens with zero attached hydrogens (tertiary/aromatic N) is 1. The van der Waals surface area contributed by atoms with Crippen molar-refractivity contribution in [1.29, 1.82) is 0 Å². The van der Waals surface area contributed by atoms with Crippen LogP contribution >= 0.6 is 0 Å². The summed E-state index contributed by atoms with van der Waals surface area (Å²) in [6, 6.07) is 8.65. The minimum Gasteiger partial charge on any atom is -0.473 e. The highest BCUT2D eigenvalue weighted by Gasteiger charge is 2.31. The molecule has 0 fully saturated rings. The van der Waals surface area contributed by atoms with E-state index in [0.717, 1.165) is 12.1 Å². The van der Waals surface area contributed by atoms with Gasteiger partial charge in [-0.1, -0.05) is 18.2 Å². The van der Waals surface area contributed by atoms with Crippen molar-refractivity contribution >= 4 is 17.0 Å². The second kappa shape index (κ2) is 9.82. The van der Waals surface area contributed by atoms with E-state index >= 15 is 0 Å². The number of halogens is 4. The second-order valence-electron chi connectivity index (χ2n) is 6.81. The quantitative estimate of drug-likeness (QED) is 0.403. The summed E-state index contributed by atoms with van der Waals surface area (Å²) in [5.41, 5.74) is 0.218. The normalized spacial score (nSPS) is 11.4. The molecule has 0 bridgehead atoms. The number of hydrogen-bond donors (Lipinski definition) is 1. The van der Waals surface area contributed by atoms with E-state index in [2.05, 4.69) is 10.3 Å². The lowest BCUT2D eigenvalue weighted by Crippen LogP contribution is -2.27. The molecule has 1 aromatic heterocycles. The summed E-state index contributed by atoms with van der Waals surface area (Å²) in [5, 5.41) is 2.90. The predicted molar refractivity (Wildman–Crippen MR) is 108 cm³/mol. The van der Waals surface area contributed by atoms with Gasteiger partial charge in [0, 0.05) is 24.6 Å². The molecule has 1 N–H and O–H groups in total. The van der Waals surface area contributed by atoms with E-state index in [9.17, 15) is 22.4 Å². The van der Waals surface area contributed by atoms with Gasteiger partial charge < -0.3 is 19.5 Å². The average molecular weight is 452 g/mol. The van der Waals surface area contributed by atoms with Gasteiger partial charge in [0.15, 0.2) is 5.75 Å². The Kier molecular flexibility index (Phi) is 7.14. The number of alkyl halides is 3. The lowest BCUT2D eigenvalue weighted by molar-refractivity contribution is -0.137. The van der Waals surface area contributed by atoms with Gasteiger partial charge in [-0.3, -0.25) is 0 Å². The predicted octanol–water partition coefficient (Wildman–Crippen LogP) is 5.01. The van der Waals surface area contributed by atoms with Crippen molar-refractivity contribution in [3.8, 4) is 11.6 Å². The van der Waals surface area contributed by atoms with E-state index in [1.807, 2.05) is 0 Å². The molecule has 0 atom stereocenters. The summed E-state index contributed by atoms with van der Waals surface area (Å²) in [7, 11) is 1.46. The van der Waals surface area contributed by atoms with Crippen molar-refractivity contribution in [2.75, 3.05) is 20.3 Å². The maximum absolute atomic E-state index is 13.1. The van der Waals surface area contributed by atoms with E-state index in [1.54, 1.807) is 6.92 Å². The fourth-order valence-corrected chi connectivity index (χ4v) is 2.91. The topological polar surface area (TPSA) is 69.7 Å². The number of nitrogens with one attached hydrogen (secondary N) is 1. The lowest BCUT2D eigenvalue weighted by Gasteiger charge is -2.16. The molecule has 0 saturated carbocycles. The molecule has 3 rings (SSSR count). The molecule has 6 nitrogen and oxygen atoms in total. The van der Waals surface area contributed by atoms with Crippen LogP contribution in [0.25, 0.3) is 10.9 Å². The van der Waals surface area contributed by atoms with Crippen molar-refractivity contribution in [2.45, 2.75) is 19.6 Å². The molecule has 170 valence electrons. The molecule has 0 aliphatic carbocycles. The molecule has 0 aliphatic heterocycles. The molecule has 2 aromatic carbocycles. The van der Waals surface area contributed by atoms with Crippen molar-refractivity contribution in [2.24, 2.45) is 0 Å². The highest BCUT2D eigenvalue weighted by Crippen LogP contribution is 2.37. The molecule has 0 aliphatic rings. The first-order valence-electron chi connectivity index (χ1n) is 9.52. The van der Waals surface area contributed by atoms with Crippen LogP contribution in [-0.4, -0.2) is 31.4 Å². The average Bonchev–Trinajstić information content (AvgIpc) is 2.75. The molecule has 3 aromatic rings. The number of aromatic nitrogens is 1. The van der Waals surface area contributed by atoms with Gasteiger partial charge in [-0.25, -0.2) is 14.2 Å². The van der Waals surface area contributed by atoms with Crippen LogP contribution in [0.4, 0.5) is 22.4 Å². The highest BCUT2D eigenvalue weighted by molar-refractivity contribution is 5.87. The first-order chi connectivity index (χ1) is 15.2. The number of ether oxygens (including phenoxy) is 3. The number of aryl methyl sites for hydroxylation is 1. The Hall–Kier alpha value is -3.40. The highest BCUT2D eigenvalue weighted by atomic mass is 19.4. The number of pyridine rings is 1. The van der Waals surface area contributed by atoms with Gasteiger partial charge in [-0.05, 0) is 36.8 Å². The van der Waals surface area contributed by atoms with Crippen molar-refractivity contribution in [3.05, 3.63) is 65.0 Å². The van der Waals surface area contributed by atoms with Crippen LogP contribution in [0.3, 0.4) is 0 Å². The van der Waals surface area contributed by atoms with Crippen molar-refractivity contribution in [3.63, 3.8) is 0 Å². The Balaban J connectivity index is 1.88. The summed E-state index contributed by atoms with van der Waals surface area (Å²) < 4.78 is 68.1. The van der Waals surface area contributed by atoms with Crippen LogP contribution in [0.2, 0.25) is 0 Å². The maximum atomic E-state index is 13.1. The van der Waals surface area contributed by atoms with Crippen LogP contribution in [0.5, 0.6) is 11.6 Å². The van der Waals surface area contributed by atoms with E-state index in [1.165, 1.54) is 37.4 Å². The molecular formula is C22H20F4N2O4. The van der Waals surface area contributed by atoms with Crippen molar-refractivity contribution < 1.29 is 36.6 Å². The molecule has 32 heavy (non-hydrogen) atoms.